The summed E-state index contributed by atoms with van der Waals surface area (Å²) in [6, 6.07) is 6.91. The van der Waals surface area contributed by atoms with Crippen molar-refractivity contribution in [1.82, 2.24) is 15.1 Å². The smallest absolute Gasteiger partial charge is 0.255 e. The minimum Gasteiger partial charge on any atom is -0.496 e. The van der Waals surface area contributed by atoms with Gasteiger partial charge in [0, 0.05) is 31.9 Å². The molecule has 0 unspecified atom stereocenters. The number of ether oxygens (including phenoxy) is 1. The Hall–Kier alpha value is -2.50. The van der Waals surface area contributed by atoms with Crippen LogP contribution in [0.15, 0.2) is 30.5 Å². The van der Waals surface area contributed by atoms with Crippen LogP contribution < -0.4 is 15.8 Å². The molecule has 0 radical (unpaired) electrons. The molecule has 106 valence electrons. The Morgan fingerprint density at radius 2 is 2.25 bits per heavy atom. The summed E-state index contributed by atoms with van der Waals surface area (Å²) in [6.07, 6.45) is 2.55. The fraction of sp³-hybridized carbons (Fsp3) is 0.286. The highest BCUT2D eigenvalue weighted by Crippen LogP contribution is 2.20. The normalized spacial score (nSPS) is 10.3. The number of nitrogens with one attached hydrogen (secondary N) is 1. The predicted octanol–water partition coefficient (Wildman–Crippen LogP) is 0.983. The van der Waals surface area contributed by atoms with Crippen LogP contribution in [0.3, 0.4) is 0 Å². The number of aromatic nitrogens is 2. The Kier molecular flexibility index (Phi) is 4.24. The van der Waals surface area contributed by atoms with Gasteiger partial charge in [-0.25, -0.2) is 0 Å². The molecular weight excluding hydrogens is 256 g/mol. The second-order valence-electron chi connectivity index (χ2n) is 4.45. The van der Waals surface area contributed by atoms with Crippen molar-refractivity contribution in [2.24, 2.45) is 7.05 Å². The van der Waals surface area contributed by atoms with E-state index in [0.717, 1.165) is 5.69 Å². The molecule has 0 saturated carbocycles. The standard InChI is InChI=1S/C14H18N4O2/c1-18-8-6-11(17-18)5-7-16-14(19)12-9-10(15)3-4-13(12)20-2/h3-4,6,8-9H,5,7,15H2,1-2H3,(H,16,19). The number of benzene rings is 1. The van der Waals surface area contributed by atoms with E-state index in [2.05, 4.69) is 10.4 Å². The Bertz CT molecular complexity index is 607. The SMILES string of the molecule is COc1ccc(N)cc1C(=O)NCCc1ccn(C)n1. The van der Waals surface area contributed by atoms with Crippen LogP contribution in [0, 0.1) is 0 Å². The van der Waals surface area contributed by atoms with Crippen molar-refractivity contribution in [2.75, 3.05) is 19.4 Å². The van der Waals surface area contributed by atoms with Crippen LogP contribution in [0.1, 0.15) is 16.1 Å². The quantitative estimate of drug-likeness (QED) is 0.796. The third-order valence-electron chi connectivity index (χ3n) is 2.90. The van der Waals surface area contributed by atoms with Gasteiger partial charge in [-0.15, -0.1) is 0 Å². The average Bonchev–Trinajstić information content (AvgIpc) is 2.84. The molecule has 0 fully saturated rings. The largest absolute Gasteiger partial charge is 0.496 e. The highest BCUT2D eigenvalue weighted by molar-refractivity contribution is 5.97. The van der Waals surface area contributed by atoms with E-state index in [1.54, 1.807) is 22.9 Å². The maximum absolute atomic E-state index is 12.1. The molecule has 1 amide bonds. The van der Waals surface area contributed by atoms with Gasteiger partial charge in [-0.3, -0.25) is 9.48 Å². The number of aryl methyl sites for hydroxylation is 1. The van der Waals surface area contributed by atoms with E-state index in [0.29, 0.717) is 30.0 Å². The first-order valence-electron chi connectivity index (χ1n) is 6.30. The lowest BCUT2D eigenvalue weighted by atomic mass is 10.1. The molecule has 0 saturated heterocycles. The number of methoxy groups -OCH3 is 1. The zero-order chi connectivity index (χ0) is 14.5. The van der Waals surface area contributed by atoms with Crippen molar-refractivity contribution in [3.8, 4) is 5.75 Å². The van der Waals surface area contributed by atoms with Gasteiger partial charge in [0.1, 0.15) is 5.75 Å². The molecule has 0 aliphatic heterocycles. The molecule has 20 heavy (non-hydrogen) atoms. The third kappa shape index (κ3) is 3.28. The van der Waals surface area contributed by atoms with E-state index >= 15 is 0 Å². The minimum atomic E-state index is -0.204. The van der Waals surface area contributed by atoms with Crippen LogP contribution in [-0.4, -0.2) is 29.3 Å². The van der Waals surface area contributed by atoms with Crippen molar-refractivity contribution < 1.29 is 9.53 Å². The maximum Gasteiger partial charge on any atom is 0.255 e. The number of rotatable bonds is 5. The second kappa shape index (κ2) is 6.10. The van der Waals surface area contributed by atoms with Gasteiger partial charge in [0.15, 0.2) is 0 Å². The van der Waals surface area contributed by atoms with Gasteiger partial charge in [0.25, 0.3) is 5.91 Å². The minimum absolute atomic E-state index is 0.204. The van der Waals surface area contributed by atoms with Gasteiger partial charge < -0.3 is 15.8 Å². The predicted molar refractivity (Wildman–Crippen MR) is 76.7 cm³/mol. The lowest BCUT2D eigenvalue weighted by Gasteiger charge is -2.09. The second-order valence-corrected chi connectivity index (χ2v) is 4.45. The summed E-state index contributed by atoms with van der Waals surface area (Å²) in [4.78, 5) is 12.1. The van der Waals surface area contributed by atoms with E-state index in [4.69, 9.17) is 10.5 Å². The number of amides is 1. The fourth-order valence-electron chi connectivity index (χ4n) is 1.90. The van der Waals surface area contributed by atoms with Crippen LogP contribution in [0.5, 0.6) is 5.75 Å². The number of nitrogens with zero attached hydrogens (tertiary/aromatic N) is 2. The first kappa shape index (κ1) is 13.9. The van der Waals surface area contributed by atoms with Crippen molar-refractivity contribution in [3.05, 3.63) is 41.7 Å². The molecule has 1 heterocycles. The number of hydrogen-bond acceptors (Lipinski definition) is 4. The molecule has 6 nitrogen and oxygen atoms in total. The molecular formula is C14H18N4O2. The van der Waals surface area contributed by atoms with Crippen molar-refractivity contribution in [2.45, 2.75) is 6.42 Å². The molecule has 3 N–H and O–H groups in total. The number of nitrogen functional groups attached to an aromatic ring is 1. The molecule has 0 aliphatic carbocycles. The Morgan fingerprint density at radius 1 is 1.45 bits per heavy atom. The first-order chi connectivity index (χ1) is 9.60. The lowest BCUT2D eigenvalue weighted by Crippen LogP contribution is -2.26. The highest BCUT2D eigenvalue weighted by Gasteiger charge is 2.12. The van der Waals surface area contributed by atoms with Crippen molar-refractivity contribution in [1.29, 1.82) is 0 Å². The van der Waals surface area contributed by atoms with Crippen LogP contribution in [0.25, 0.3) is 0 Å². The van der Waals surface area contributed by atoms with E-state index < -0.39 is 0 Å². The molecule has 2 aromatic rings. The topological polar surface area (TPSA) is 82.2 Å². The zero-order valence-corrected chi connectivity index (χ0v) is 11.6. The molecule has 1 aromatic carbocycles. The van der Waals surface area contributed by atoms with E-state index in [-0.39, 0.29) is 5.91 Å². The van der Waals surface area contributed by atoms with Crippen LogP contribution >= 0.6 is 0 Å². The number of nitrogens with two attached hydrogens (primary N) is 1. The lowest BCUT2D eigenvalue weighted by molar-refractivity contribution is 0.0951. The molecule has 1 aromatic heterocycles. The van der Waals surface area contributed by atoms with Gasteiger partial charge in [-0.1, -0.05) is 0 Å². The number of hydrogen-bond donors (Lipinski definition) is 2. The molecule has 0 aliphatic rings. The molecule has 0 bridgehead atoms. The van der Waals surface area contributed by atoms with E-state index in [1.807, 2.05) is 19.3 Å². The van der Waals surface area contributed by atoms with Crippen LogP contribution in [0.4, 0.5) is 5.69 Å². The summed E-state index contributed by atoms with van der Waals surface area (Å²) in [5, 5.41) is 7.08. The Labute approximate surface area is 117 Å². The number of carbonyl (C=O) groups is 1. The summed E-state index contributed by atoms with van der Waals surface area (Å²) >= 11 is 0. The molecule has 2 rings (SSSR count). The summed E-state index contributed by atoms with van der Waals surface area (Å²) in [7, 11) is 3.38. The van der Waals surface area contributed by atoms with Crippen LogP contribution in [-0.2, 0) is 13.5 Å². The monoisotopic (exact) mass is 274 g/mol. The molecule has 6 heteroatoms. The first-order valence-corrected chi connectivity index (χ1v) is 6.30. The summed E-state index contributed by atoms with van der Waals surface area (Å²) in [6.45, 7) is 0.508. The number of carbonyl (C=O) groups excluding carboxylic acids is 1. The van der Waals surface area contributed by atoms with Gasteiger partial charge in [-0.05, 0) is 24.3 Å². The number of anilines is 1. The van der Waals surface area contributed by atoms with Crippen molar-refractivity contribution in [3.63, 3.8) is 0 Å². The summed E-state index contributed by atoms with van der Waals surface area (Å²) in [5.41, 5.74) is 7.60. The van der Waals surface area contributed by atoms with E-state index in [1.165, 1.54) is 7.11 Å². The highest BCUT2D eigenvalue weighted by atomic mass is 16.5. The van der Waals surface area contributed by atoms with Gasteiger partial charge in [0.2, 0.25) is 0 Å². The Balaban J connectivity index is 1.96. The Morgan fingerprint density at radius 3 is 2.90 bits per heavy atom. The molecule has 0 atom stereocenters. The van der Waals surface area contributed by atoms with Gasteiger partial charge in [-0.2, -0.15) is 5.10 Å². The van der Waals surface area contributed by atoms with Crippen LogP contribution in [0.2, 0.25) is 0 Å². The van der Waals surface area contributed by atoms with E-state index in [9.17, 15) is 4.79 Å². The maximum atomic E-state index is 12.1. The van der Waals surface area contributed by atoms with Crippen molar-refractivity contribution >= 4 is 11.6 Å². The van der Waals surface area contributed by atoms with Gasteiger partial charge >= 0.3 is 0 Å². The average molecular weight is 274 g/mol. The summed E-state index contributed by atoms with van der Waals surface area (Å²) in [5.74, 6) is 0.305. The van der Waals surface area contributed by atoms with Gasteiger partial charge in [0.05, 0.1) is 18.4 Å². The fourth-order valence-corrected chi connectivity index (χ4v) is 1.90. The zero-order valence-electron chi connectivity index (χ0n) is 11.6. The molecule has 0 spiro atoms. The third-order valence-corrected chi connectivity index (χ3v) is 2.90. The summed E-state index contributed by atoms with van der Waals surface area (Å²) < 4.78 is 6.89.